The molecular formula is C25H31N3O4. The second-order valence-corrected chi connectivity index (χ2v) is 8.57. The van der Waals surface area contributed by atoms with E-state index >= 15 is 0 Å². The fourth-order valence-electron chi connectivity index (χ4n) is 3.95. The van der Waals surface area contributed by atoms with E-state index in [-0.39, 0.29) is 17.4 Å². The Bertz CT molecular complexity index is 1020. The summed E-state index contributed by atoms with van der Waals surface area (Å²) in [5.74, 6) is -0.752. The van der Waals surface area contributed by atoms with Crippen LogP contribution in [-0.2, 0) is 9.59 Å². The van der Waals surface area contributed by atoms with Crippen molar-refractivity contribution in [2.75, 3.05) is 27.2 Å². The summed E-state index contributed by atoms with van der Waals surface area (Å²) in [5, 5.41) is 11.2. The van der Waals surface area contributed by atoms with Crippen molar-refractivity contribution in [2.45, 2.75) is 39.3 Å². The number of amides is 1. The molecule has 7 heteroatoms. The van der Waals surface area contributed by atoms with Crippen molar-refractivity contribution in [1.82, 2.24) is 14.8 Å². The molecule has 3 rings (SSSR count). The van der Waals surface area contributed by atoms with E-state index in [0.717, 1.165) is 17.7 Å². The van der Waals surface area contributed by atoms with Gasteiger partial charge in [0, 0.05) is 24.5 Å². The van der Waals surface area contributed by atoms with Gasteiger partial charge in [0.1, 0.15) is 11.5 Å². The van der Waals surface area contributed by atoms with Crippen LogP contribution in [0.4, 0.5) is 0 Å². The van der Waals surface area contributed by atoms with Gasteiger partial charge in [-0.25, -0.2) is 0 Å². The lowest BCUT2D eigenvalue weighted by atomic mass is 9.94. The van der Waals surface area contributed by atoms with Crippen LogP contribution in [0.15, 0.2) is 48.3 Å². The minimum atomic E-state index is -0.670. The summed E-state index contributed by atoms with van der Waals surface area (Å²) in [7, 11) is 3.92. The highest BCUT2D eigenvalue weighted by Crippen LogP contribution is 2.40. The lowest BCUT2D eigenvalue weighted by Crippen LogP contribution is -2.32. The zero-order chi connectivity index (χ0) is 23.4. The van der Waals surface area contributed by atoms with Gasteiger partial charge in [-0.1, -0.05) is 0 Å². The molecule has 0 spiro atoms. The first-order valence-corrected chi connectivity index (χ1v) is 10.8. The van der Waals surface area contributed by atoms with Crippen LogP contribution in [0.3, 0.4) is 0 Å². The molecule has 0 radical (unpaired) electrons. The molecule has 1 fully saturated rings. The Morgan fingerprint density at radius 2 is 1.88 bits per heavy atom. The summed E-state index contributed by atoms with van der Waals surface area (Å²) in [6.45, 7) is 6.91. The summed E-state index contributed by atoms with van der Waals surface area (Å²) in [6, 6.07) is 8.20. The van der Waals surface area contributed by atoms with Crippen molar-refractivity contribution in [3.63, 3.8) is 0 Å². The number of rotatable bonds is 8. The molecule has 1 aliphatic heterocycles. The summed E-state index contributed by atoms with van der Waals surface area (Å²) in [4.78, 5) is 33.7. The van der Waals surface area contributed by atoms with Gasteiger partial charge in [0.05, 0.1) is 17.7 Å². The van der Waals surface area contributed by atoms with E-state index in [0.29, 0.717) is 24.3 Å². The molecule has 1 saturated heterocycles. The van der Waals surface area contributed by atoms with E-state index in [1.807, 2.05) is 45.8 Å². The number of carbonyl (C=O) groups excluding carboxylic acids is 2. The van der Waals surface area contributed by atoms with Crippen LogP contribution in [0.2, 0.25) is 0 Å². The van der Waals surface area contributed by atoms with E-state index in [9.17, 15) is 14.7 Å². The number of hydrogen-bond acceptors (Lipinski definition) is 6. The first-order chi connectivity index (χ1) is 15.2. The lowest BCUT2D eigenvalue weighted by molar-refractivity contribution is -0.139. The van der Waals surface area contributed by atoms with Gasteiger partial charge in [0.2, 0.25) is 0 Å². The normalized spacial score (nSPS) is 18.1. The van der Waals surface area contributed by atoms with Gasteiger partial charge < -0.3 is 19.6 Å². The molecule has 2 heterocycles. The number of likely N-dealkylation sites (tertiary alicyclic amines) is 1. The molecule has 0 bridgehead atoms. The Hall–Kier alpha value is -3.19. The van der Waals surface area contributed by atoms with Crippen molar-refractivity contribution >= 4 is 17.4 Å². The van der Waals surface area contributed by atoms with Gasteiger partial charge in [0.15, 0.2) is 0 Å². The molecule has 0 aliphatic carbocycles. The van der Waals surface area contributed by atoms with Gasteiger partial charge >= 0.3 is 0 Å². The highest BCUT2D eigenvalue weighted by atomic mass is 16.5. The predicted molar refractivity (Wildman–Crippen MR) is 123 cm³/mol. The number of aryl methyl sites for hydroxylation is 1. The Kier molecular flexibility index (Phi) is 7.30. The van der Waals surface area contributed by atoms with Gasteiger partial charge in [-0.05, 0) is 89.3 Å². The third-order valence-corrected chi connectivity index (χ3v) is 5.39. The molecule has 7 nitrogen and oxygen atoms in total. The number of nitrogens with zero attached hydrogens (tertiary/aromatic N) is 3. The van der Waals surface area contributed by atoms with Crippen molar-refractivity contribution in [3.05, 3.63) is 65.0 Å². The Morgan fingerprint density at radius 1 is 1.19 bits per heavy atom. The van der Waals surface area contributed by atoms with E-state index in [4.69, 9.17) is 4.74 Å². The summed E-state index contributed by atoms with van der Waals surface area (Å²) < 4.78 is 5.73. The topological polar surface area (TPSA) is 83.0 Å². The predicted octanol–water partition coefficient (Wildman–Crippen LogP) is 3.55. The number of ketones is 1. The number of aliphatic hydroxyl groups excluding tert-OH is 1. The molecule has 2 aromatic rings. The first kappa shape index (κ1) is 23.5. The SMILES string of the molecule is Cc1cc(OC(C)C)ccc1/C(O)=C1/C(=O)C(=O)N(CCCN(C)C)C1c1ccncc1. The highest BCUT2D eigenvalue weighted by Gasteiger charge is 2.45. The van der Waals surface area contributed by atoms with E-state index in [1.165, 1.54) is 0 Å². The van der Waals surface area contributed by atoms with Crippen LogP contribution in [0.5, 0.6) is 5.75 Å². The molecule has 1 N–H and O–H groups in total. The maximum Gasteiger partial charge on any atom is 0.295 e. The minimum Gasteiger partial charge on any atom is -0.507 e. The largest absolute Gasteiger partial charge is 0.507 e. The maximum atomic E-state index is 13.1. The monoisotopic (exact) mass is 437 g/mol. The number of aliphatic hydroxyl groups is 1. The number of hydrogen-bond donors (Lipinski definition) is 1. The molecule has 1 amide bonds. The van der Waals surface area contributed by atoms with Crippen molar-refractivity contribution in [2.24, 2.45) is 0 Å². The van der Waals surface area contributed by atoms with Crippen LogP contribution in [0, 0.1) is 6.92 Å². The highest BCUT2D eigenvalue weighted by molar-refractivity contribution is 6.46. The van der Waals surface area contributed by atoms with Gasteiger partial charge in [-0.2, -0.15) is 0 Å². The van der Waals surface area contributed by atoms with Crippen molar-refractivity contribution in [3.8, 4) is 5.75 Å². The van der Waals surface area contributed by atoms with Crippen LogP contribution in [0.1, 0.15) is 43.0 Å². The fourth-order valence-corrected chi connectivity index (χ4v) is 3.95. The van der Waals surface area contributed by atoms with Crippen LogP contribution in [0.25, 0.3) is 5.76 Å². The fraction of sp³-hybridized carbons (Fsp3) is 0.400. The number of pyridine rings is 1. The standard InChI is InChI=1S/C25H31N3O4/c1-16(2)32-19-7-8-20(17(3)15-19)23(29)21-22(18-9-11-26-12-10-18)28(25(31)24(21)30)14-6-13-27(4)5/h7-12,15-16,22,29H,6,13-14H2,1-5H3/b23-21-. The summed E-state index contributed by atoms with van der Waals surface area (Å²) in [6.07, 6.45) is 3.98. The van der Waals surface area contributed by atoms with E-state index < -0.39 is 17.7 Å². The first-order valence-electron chi connectivity index (χ1n) is 10.8. The molecule has 0 saturated carbocycles. The van der Waals surface area contributed by atoms with Crippen LogP contribution in [-0.4, -0.2) is 64.9 Å². The zero-order valence-corrected chi connectivity index (χ0v) is 19.3. The second-order valence-electron chi connectivity index (χ2n) is 8.57. The van der Waals surface area contributed by atoms with Crippen molar-refractivity contribution in [1.29, 1.82) is 0 Å². The number of carbonyl (C=O) groups is 2. The maximum absolute atomic E-state index is 13.1. The Balaban J connectivity index is 2.06. The number of aromatic nitrogens is 1. The molecule has 1 aromatic carbocycles. The van der Waals surface area contributed by atoms with Crippen LogP contribution >= 0.6 is 0 Å². The average Bonchev–Trinajstić information content (AvgIpc) is 2.98. The molecular weight excluding hydrogens is 406 g/mol. The second kappa shape index (κ2) is 9.96. The molecule has 170 valence electrons. The molecule has 1 unspecified atom stereocenters. The summed E-state index contributed by atoms with van der Waals surface area (Å²) >= 11 is 0. The number of ether oxygens (including phenoxy) is 1. The van der Waals surface area contributed by atoms with Gasteiger partial charge in [-0.15, -0.1) is 0 Å². The van der Waals surface area contributed by atoms with Gasteiger partial charge in [-0.3, -0.25) is 14.6 Å². The lowest BCUT2D eigenvalue weighted by Gasteiger charge is -2.26. The Morgan fingerprint density at radius 3 is 2.47 bits per heavy atom. The molecule has 1 aliphatic rings. The minimum absolute atomic E-state index is 0.0213. The smallest absolute Gasteiger partial charge is 0.295 e. The number of benzene rings is 1. The summed E-state index contributed by atoms with van der Waals surface area (Å²) in [5.41, 5.74) is 2.11. The van der Waals surface area contributed by atoms with E-state index in [2.05, 4.69) is 4.98 Å². The zero-order valence-electron chi connectivity index (χ0n) is 19.3. The molecule has 1 atom stereocenters. The molecule has 1 aromatic heterocycles. The molecule has 32 heavy (non-hydrogen) atoms. The van der Waals surface area contributed by atoms with Crippen LogP contribution < -0.4 is 4.74 Å². The van der Waals surface area contributed by atoms with E-state index in [1.54, 1.807) is 41.6 Å². The van der Waals surface area contributed by atoms with Crippen molar-refractivity contribution < 1.29 is 19.4 Å². The van der Waals surface area contributed by atoms with Gasteiger partial charge in [0.25, 0.3) is 11.7 Å². The quantitative estimate of drug-likeness (QED) is 0.386. The Labute approximate surface area is 189 Å². The number of Topliss-reactive ketones (excluding diaryl/α,β-unsaturated/α-hetero) is 1. The third kappa shape index (κ3) is 4.99. The average molecular weight is 438 g/mol. The third-order valence-electron chi connectivity index (χ3n) is 5.39.